The van der Waals surface area contributed by atoms with E-state index in [9.17, 15) is 0 Å². The third kappa shape index (κ3) is 5.74. The number of nitrogens with zero attached hydrogens (tertiary/aromatic N) is 3. The van der Waals surface area contributed by atoms with Crippen molar-refractivity contribution in [1.82, 2.24) is 0 Å². The summed E-state index contributed by atoms with van der Waals surface area (Å²) >= 11 is 1.86. The van der Waals surface area contributed by atoms with E-state index in [-0.39, 0.29) is 6.71 Å². The average molecular weight is 790 g/mol. The second kappa shape index (κ2) is 14.4. The molecule has 0 aromatic heterocycles. The van der Waals surface area contributed by atoms with Crippen molar-refractivity contribution in [1.29, 1.82) is 0 Å². The minimum atomic E-state index is 0.0614. The first-order chi connectivity index (χ1) is 29.7. The summed E-state index contributed by atoms with van der Waals surface area (Å²) in [6.07, 6.45) is 6.38. The molecule has 0 N–H and O–H groups in total. The second-order valence-corrected chi connectivity index (χ2v) is 17.9. The Morgan fingerprint density at radius 1 is 0.433 bits per heavy atom. The summed E-state index contributed by atoms with van der Waals surface area (Å²) in [6, 6.07) is 68.4. The summed E-state index contributed by atoms with van der Waals surface area (Å²) in [6.45, 7) is 2.30. The number of hydrogen-bond acceptors (Lipinski definition) is 4. The van der Waals surface area contributed by atoms with Crippen LogP contribution in [0.5, 0.6) is 0 Å². The number of rotatable bonds is 5. The monoisotopic (exact) mass is 789 g/mol. The van der Waals surface area contributed by atoms with Crippen molar-refractivity contribution in [3.05, 3.63) is 193 Å². The molecule has 8 aromatic rings. The third-order valence-corrected chi connectivity index (χ3v) is 14.4. The Labute approximate surface area is 358 Å². The Bertz CT molecular complexity index is 2880. The molecule has 4 aliphatic rings. The van der Waals surface area contributed by atoms with Crippen LogP contribution < -0.4 is 31.1 Å². The van der Waals surface area contributed by atoms with E-state index in [4.69, 9.17) is 0 Å². The molecule has 12 rings (SSSR count). The van der Waals surface area contributed by atoms with Gasteiger partial charge in [-0.3, -0.25) is 0 Å². The van der Waals surface area contributed by atoms with Gasteiger partial charge < -0.3 is 14.7 Å². The maximum absolute atomic E-state index is 2.59. The first-order valence-corrected chi connectivity index (χ1v) is 22.4. The van der Waals surface area contributed by atoms with Crippen LogP contribution in [-0.2, 0) is 0 Å². The number of aryl methyl sites for hydroxylation is 1. The SMILES string of the molecule is Cc1ccc2c(c1)N(c1ccc(-c3ccccc3)cc1)c1cc(C3CCCCC3)cc3c1B2c1ccc(N2c4ccccc4Sc4ccccc42)cc1N3c1ccccc1. The van der Waals surface area contributed by atoms with E-state index in [0.717, 1.165) is 0 Å². The topological polar surface area (TPSA) is 9.72 Å². The van der Waals surface area contributed by atoms with Gasteiger partial charge >= 0.3 is 0 Å². The Balaban J connectivity index is 1.12. The molecule has 0 bridgehead atoms. The molecular formula is C55H44BN3S. The molecule has 8 aromatic carbocycles. The number of fused-ring (bicyclic) bond motifs is 6. The van der Waals surface area contributed by atoms with E-state index < -0.39 is 0 Å². The van der Waals surface area contributed by atoms with Crippen LogP contribution in [0, 0.1) is 6.92 Å². The zero-order valence-electron chi connectivity index (χ0n) is 33.8. The maximum atomic E-state index is 2.59. The van der Waals surface area contributed by atoms with Crippen LogP contribution in [0.2, 0.25) is 0 Å². The fourth-order valence-corrected chi connectivity index (χ4v) is 11.5. The number of anilines is 9. The highest BCUT2D eigenvalue weighted by Crippen LogP contribution is 2.53. The van der Waals surface area contributed by atoms with Crippen LogP contribution in [0.1, 0.15) is 49.1 Å². The van der Waals surface area contributed by atoms with Gasteiger partial charge in [0.15, 0.2) is 0 Å². The zero-order chi connectivity index (χ0) is 39.7. The van der Waals surface area contributed by atoms with Gasteiger partial charge in [-0.05, 0) is 143 Å². The van der Waals surface area contributed by atoms with Gasteiger partial charge in [0.1, 0.15) is 0 Å². The van der Waals surface area contributed by atoms with Crippen molar-refractivity contribution in [2.24, 2.45) is 0 Å². The van der Waals surface area contributed by atoms with Crippen LogP contribution in [0.25, 0.3) is 11.1 Å². The van der Waals surface area contributed by atoms with Gasteiger partial charge in [-0.2, -0.15) is 0 Å². The standard InChI is InChI=1S/C55H44BN3S/c1-37-25-31-45-49(33-37)58(43-28-26-40(27-29-43)38-15-5-2-6-16-38)52-35-41(39-17-7-3-8-18-39)34-51-55(52)56(45)46-32-30-44(36-50(46)57(51)42-19-9-4-10-20-42)59-47-21-11-13-23-53(47)60-54-24-14-12-22-48(54)59/h2,4-6,9-16,19-36,39H,3,7-8,17-18H2,1H3. The molecule has 3 nitrogen and oxygen atoms in total. The molecule has 3 heterocycles. The molecule has 0 radical (unpaired) electrons. The van der Waals surface area contributed by atoms with Crippen LogP contribution in [0.15, 0.2) is 192 Å². The lowest BCUT2D eigenvalue weighted by molar-refractivity contribution is 0.444. The van der Waals surface area contributed by atoms with E-state index in [1.54, 1.807) is 0 Å². The molecule has 5 heteroatoms. The summed E-state index contributed by atoms with van der Waals surface area (Å²) in [5.41, 5.74) is 20.3. The van der Waals surface area contributed by atoms with Gasteiger partial charge in [0.2, 0.25) is 0 Å². The highest BCUT2D eigenvalue weighted by Gasteiger charge is 2.44. The lowest BCUT2D eigenvalue weighted by Gasteiger charge is -2.45. The van der Waals surface area contributed by atoms with Gasteiger partial charge in [0.25, 0.3) is 6.71 Å². The summed E-state index contributed by atoms with van der Waals surface area (Å²) in [7, 11) is 0. The molecule has 1 saturated carbocycles. The molecule has 3 aliphatic heterocycles. The lowest BCUT2D eigenvalue weighted by atomic mass is 9.33. The molecule has 0 unspecified atom stereocenters. The van der Waals surface area contributed by atoms with E-state index in [2.05, 4.69) is 204 Å². The Morgan fingerprint density at radius 2 is 0.950 bits per heavy atom. The second-order valence-electron chi connectivity index (χ2n) is 16.8. The van der Waals surface area contributed by atoms with Crippen molar-refractivity contribution in [2.45, 2.75) is 54.7 Å². The van der Waals surface area contributed by atoms with Crippen molar-refractivity contribution in [2.75, 3.05) is 14.7 Å². The minimum absolute atomic E-state index is 0.0614. The average Bonchev–Trinajstić information content (AvgIpc) is 3.31. The number of benzene rings is 8. The molecule has 288 valence electrons. The number of para-hydroxylation sites is 3. The third-order valence-electron chi connectivity index (χ3n) is 13.2. The molecule has 0 atom stereocenters. The Hall–Kier alpha value is -6.43. The molecule has 60 heavy (non-hydrogen) atoms. The van der Waals surface area contributed by atoms with Gasteiger partial charge in [-0.1, -0.05) is 134 Å². The smallest absolute Gasteiger partial charge is 0.252 e. The normalized spacial score (nSPS) is 15.2. The van der Waals surface area contributed by atoms with Gasteiger partial charge in [-0.25, -0.2) is 0 Å². The Morgan fingerprint density at radius 3 is 1.62 bits per heavy atom. The van der Waals surface area contributed by atoms with Crippen LogP contribution in [-0.4, -0.2) is 6.71 Å². The van der Waals surface area contributed by atoms with Crippen molar-refractivity contribution in [3.8, 4) is 11.1 Å². The fraction of sp³-hybridized carbons (Fsp3) is 0.127. The van der Waals surface area contributed by atoms with E-state index in [1.807, 2.05) is 11.8 Å². The first kappa shape index (κ1) is 35.5. The molecule has 1 aliphatic carbocycles. The maximum Gasteiger partial charge on any atom is 0.252 e. The van der Waals surface area contributed by atoms with Crippen molar-refractivity contribution >= 4 is 86.0 Å². The van der Waals surface area contributed by atoms with Crippen LogP contribution in [0.4, 0.5) is 51.2 Å². The number of hydrogen-bond donors (Lipinski definition) is 0. The molecule has 0 spiro atoms. The van der Waals surface area contributed by atoms with E-state index in [0.29, 0.717) is 5.92 Å². The van der Waals surface area contributed by atoms with Crippen molar-refractivity contribution in [3.63, 3.8) is 0 Å². The fourth-order valence-electron chi connectivity index (χ4n) is 10.5. The first-order valence-electron chi connectivity index (χ1n) is 21.6. The lowest BCUT2D eigenvalue weighted by Crippen LogP contribution is -2.61. The highest BCUT2D eigenvalue weighted by molar-refractivity contribution is 7.99. The highest BCUT2D eigenvalue weighted by atomic mass is 32.2. The Kier molecular flexibility index (Phi) is 8.52. The van der Waals surface area contributed by atoms with Gasteiger partial charge in [-0.15, -0.1) is 0 Å². The molecule has 0 saturated heterocycles. The molecule has 0 amide bonds. The van der Waals surface area contributed by atoms with Crippen LogP contribution in [0.3, 0.4) is 0 Å². The van der Waals surface area contributed by atoms with E-state index in [1.165, 1.54) is 132 Å². The van der Waals surface area contributed by atoms with Crippen LogP contribution >= 0.6 is 11.8 Å². The zero-order valence-corrected chi connectivity index (χ0v) is 34.6. The van der Waals surface area contributed by atoms with Gasteiger partial charge in [0.05, 0.1) is 11.4 Å². The van der Waals surface area contributed by atoms with E-state index >= 15 is 0 Å². The summed E-state index contributed by atoms with van der Waals surface area (Å²) in [5.74, 6) is 0.532. The summed E-state index contributed by atoms with van der Waals surface area (Å²) in [4.78, 5) is 10.2. The summed E-state index contributed by atoms with van der Waals surface area (Å²) in [5, 5.41) is 0. The molecule has 1 fully saturated rings. The minimum Gasteiger partial charge on any atom is -0.311 e. The largest absolute Gasteiger partial charge is 0.311 e. The predicted octanol–water partition coefficient (Wildman–Crippen LogP) is 13.7. The molecular weight excluding hydrogens is 746 g/mol. The summed E-state index contributed by atoms with van der Waals surface area (Å²) < 4.78 is 0. The quantitative estimate of drug-likeness (QED) is 0.161. The van der Waals surface area contributed by atoms with Crippen molar-refractivity contribution < 1.29 is 0 Å². The van der Waals surface area contributed by atoms with Gasteiger partial charge in [0, 0.05) is 49.6 Å². The predicted molar refractivity (Wildman–Crippen MR) is 255 cm³/mol.